The molecule has 1 aromatic carbocycles. The maximum absolute atomic E-state index is 11.7. The summed E-state index contributed by atoms with van der Waals surface area (Å²) in [6.07, 6.45) is 1.63. The van der Waals surface area contributed by atoms with E-state index in [1.54, 1.807) is 18.3 Å². The van der Waals surface area contributed by atoms with Gasteiger partial charge in [-0.1, -0.05) is 12.1 Å². The van der Waals surface area contributed by atoms with Gasteiger partial charge in [0.05, 0.1) is 4.58 Å². The summed E-state index contributed by atoms with van der Waals surface area (Å²) < 4.78 is 5.91. The van der Waals surface area contributed by atoms with E-state index >= 15 is 0 Å². The number of hydrogen-bond donors (Lipinski definition) is 3. The summed E-state index contributed by atoms with van der Waals surface area (Å²) in [6.45, 7) is -0.169. The smallest absolute Gasteiger partial charge is 0.286 e. The van der Waals surface area contributed by atoms with Crippen LogP contribution in [0.1, 0.15) is 20.6 Å². The predicted molar refractivity (Wildman–Crippen MR) is 96.0 cm³/mol. The lowest BCUT2D eigenvalue weighted by Gasteiger charge is -2.11. The molecular formula is C16H17N3O3S2. The van der Waals surface area contributed by atoms with Crippen LogP contribution in [0.25, 0.3) is 0 Å². The molecule has 1 aliphatic heterocycles. The average Bonchev–Trinajstić information content (AvgIpc) is 3.31. The van der Waals surface area contributed by atoms with Crippen molar-refractivity contribution in [3.8, 4) is 5.75 Å². The number of hydrazine groups is 1. The van der Waals surface area contributed by atoms with Gasteiger partial charge in [-0.25, -0.2) is 0 Å². The van der Waals surface area contributed by atoms with Crippen molar-refractivity contribution in [2.24, 2.45) is 0 Å². The molecule has 1 fully saturated rings. The topological polar surface area (TPSA) is 83.2 Å². The molecular weight excluding hydrogens is 346 g/mol. The van der Waals surface area contributed by atoms with Crippen LogP contribution in [0, 0.1) is 0 Å². The Morgan fingerprint density at radius 3 is 2.54 bits per heavy atom. The van der Waals surface area contributed by atoms with Crippen molar-refractivity contribution in [3.63, 3.8) is 0 Å². The van der Waals surface area contributed by atoms with Crippen molar-refractivity contribution in [1.29, 1.82) is 0 Å². The van der Waals surface area contributed by atoms with Gasteiger partial charge in [-0.05, 0) is 29.8 Å². The number of carbonyl (C=O) groups excluding carboxylic acids is 2. The Bertz CT molecular complexity index is 683. The molecule has 3 N–H and O–H groups in total. The van der Waals surface area contributed by atoms with Gasteiger partial charge < -0.3 is 9.72 Å². The van der Waals surface area contributed by atoms with Crippen LogP contribution < -0.4 is 15.6 Å². The zero-order valence-electron chi connectivity index (χ0n) is 12.8. The van der Waals surface area contributed by atoms with E-state index in [1.165, 1.54) is 17.1 Å². The van der Waals surface area contributed by atoms with Crippen molar-refractivity contribution < 1.29 is 14.3 Å². The molecule has 0 unspecified atom stereocenters. The zero-order valence-corrected chi connectivity index (χ0v) is 14.4. The van der Waals surface area contributed by atoms with Crippen LogP contribution in [0.15, 0.2) is 42.6 Å². The van der Waals surface area contributed by atoms with Crippen LogP contribution in [0.5, 0.6) is 5.75 Å². The summed E-state index contributed by atoms with van der Waals surface area (Å²) >= 11 is 3.89. The normalized spacial score (nSPS) is 14.3. The van der Waals surface area contributed by atoms with E-state index in [1.807, 2.05) is 47.8 Å². The molecule has 0 aliphatic carbocycles. The van der Waals surface area contributed by atoms with Gasteiger partial charge in [0.2, 0.25) is 0 Å². The molecule has 0 atom stereocenters. The number of aromatic amines is 1. The minimum atomic E-state index is -0.430. The molecule has 0 saturated carbocycles. The number of H-pyrrole nitrogens is 1. The summed E-state index contributed by atoms with van der Waals surface area (Å²) in [5.41, 5.74) is 6.25. The fourth-order valence-electron chi connectivity index (χ4n) is 2.12. The van der Waals surface area contributed by atoms with Crippen molar-refractivity contribution in [3.05, 3.63) is 53.9 Å². The monoisotopic (exact) mass is 363 g/mol. The van der Waals surface area contributed by atoms with Crippen molar-refractivity contribution in [2.75, 3.05) is 18.1 Å². The number of benzene rings is 1. The van der Waals surface area contributed by atoms with E-state index in [2.05, 4.69) is 15.8 Å². The SMILES string of the molecule is O=C(COc1ccc(C2SCCS2)cc1)NNC(=O)c1ccc[nH]1. The van der Waals surface area contributed by atoms with Crippen LogP contribution in [-0.2, 0) is 4.79 Å². The predicted octanol–water partition coefficient (Wildman–Crippen LogP) is 2.33. The van der Waals surface area contributed by atoms with Crippen LogP contribution in [0.3, 0.4) is 0 Å². The standard InChI is InChI=1S/C16H17N3O3S2/c20-14(18-19-15(21)13-2-1-7-17-13)10-22-12-5-3-11(4-6-12)16-23-8-9-24-16/h1-7,16-17H,8-10H2,(H,18,20)(H,19,21). The second kappa shape index (κ2) is 8.16. The van der Waals surface area contributed by atoms with E-state index in [0.717, 1.165) is 0 Å². The highest BCUT2D eigenvalue weighted by molar-refractivity contribution is 8.19. The summed E-state index contributed by atoms with van der Waals surface area (Å²) in [6, 6.07) is 11.1. The van der Waals surface area contributed by atoms with Crippen LogP contribution in [0.2, 0.25) is 0 Å². The molecule has 2 heterocycles. The molecule has 0 radical (unpaired) electrons. The quantitative estimate of drug-likeness (QED) is 0.710. The van der Waals surface area contributed by atoms with E-state index in [-0.39, 0.29) is 6.61 Å². The fourth-order valence-corrected chi connectivity index (χ4v) is 4.98. The van der Waals surface area contributed by atoms with E-state index in [9.17, 15) is 9.59 Å². The Morgan fingerprint density at radius 1 is 1.12 bits per heavy atom. The maximum Gasteiger partial charge on any atom is 0.286 e. The Balaban J connectivity index is 1.41. The molecule has 1 saturated heterocycles. The summed E-state index contributed by atoms with van der Waals surface area (Å²) in [5, 5.41) is 0. The van der Waals surface area contributed by atoms with Crippen molar-refractivity contribution >= 4 is 35.3 Å². The van der Waals surface area contributed by atoms with Crippen molar-refractivity contribution in [1.82, 2.24) is 15.8 Å². The number of amides is 2. The number of rotatable bonds is 5. The lowest BCUT2D eigenvalue weighted by Crippen LogP contribution is -2.43. The van der Waals surface area contributed by atoms with Gasteiger partial charge in [0.15, 0.2) is 6.61 Å². The highest BCUT2D eigenvalue weighted by Crippen LogP contribution is 2.45. The Morgan fingerprint density at radius 2 is 1.88 bits per heavy atom. The van der Waals surface area contributed by atoms with Gasteiger partial charge in [0.1, 0.15) is 11.4 Å². The lowest BCUT2D eigenvalue weighted by molar-refractivity contribution is -0.123. The van der Waals surface area contributed by atoms with Gasteiger partial charge in [0, 0.05) is 17.7 Å². The molecule has 2 aromatic rings. The third-order valence-electron chi connectivity index (χ3n) is 3.30. The maximum atomic E-state index is 11.7. The first kappa shape index (κ1) is 16.8. The Hall–Kier alpha value is -2.06. The van der Waals surface area contributed by atoms with Crippen LogP contribution in [-0.4, -0.2) is 34.9 Å². The summed E-state index contributed by atoms with van der Waals surface area (Å²) in [5.74, 6) is 2.15. The van der Waals surface area contributed by atoms with Gasteiger partial charge in [-0.15, -0.1) is 23.5 Å². The molecule has 1 aromatic heterocycles. The summed E-state index contributed by atoms with van der Waals surface area (Å²) in [7, 11) is 0. The Kier molecular flexibility index (Phi) is 5.71. The number of aromatic nitrogens is 1. The highest BCUT2D eigenvalue weighted by Gasteiger charge is 2.18. The Labute approximate surface area is 148 Å². The minimum Gasteiger partial charge on any atom is -0.484 e. The van der Waals surface area contributed by atoms with E-state index in [0.29, 0.717) is 16.0 Å². The fraction of sp³-hybridized carbons (Fsp3) is 0.250. The molecule has 3 rings (SSSR count). The minimum absolute atomic E-state index is 0.169. The summed E-state index contributed by atoms with van der Waals surface area (Å²) in [4.78, 5) is 26.1. The molecule has 24 heavy (non-hydrogen) atoms. The van der Waals surface area contributed by atoms with Crippen molar-refractivity contribution in [2.45, 2.75) is 4.58 Å². The molecule has 1 aliphatic rings. The molecule has 8 heteroatoms. The van der Waals surface area contributed by atoms with E-state index in [4.69, 9.17) is 4.74 Å². The first-order valence-electron chi connectivity index (χ1n) is 7.41. The number of nitrogens with one attached hydrogen (secondary N) is 3. The van der Waals surface area contributed by atoms with Gasteiger partial charge in [-0.3, -0.25) is 20.4 Å². The number of ether oxygens (including phenoxy) is 1. The zero-order chi connectivity index (χ0) is 16.8. The largest absolute Gasteiger partial charge is 0.484 e. The molecule has 2 amide bonds. The first-order valence-corrected chi connectivity index (χ1v) is 9.50. The van der Waals surface area contributed by atoms with Crippen LogP contribution in [0.4, 0.5) is 0 Å². The number of thioether (sulfide) groups is 2. The second-order valence-corrected chi connectivity index (χ2v) is 7.74. The third-order valence-corrected chi connectivity index (χ3v) is 6.41. The van der Waals surface area contributed by atoms with Gasteiger partial charge in [0.25, 0.3) is 11.8 Å². The molecule has 126 valence electrons. The van der Waals surface area contributed by atoms with Gasteiger partial charge >= 0.3 is 0 Å². The highest BCUT2D eigenvalue weighted by atomic mass is 32.2. The van der Waals surface area contributed by atoms with E-state index < -0.39 is 11.8 Å². The van der Waals surface area contributed by atoms with Crippen LogP contribution >= 0.6 is 23.5 Å². The average molecular weight is 363 g/mol. The van der Waals surface area contributed by atoms with Gasteiger partial charge in [-0.2, -0.15) is 0 Å². The first-order chi connectivity index (χ1) is 11.7. The molecule has 0 spiro atoms. The third kappa shape index (κ3) is 4.48. The lowest BCUT2D eigenvalue weighted by atomic mass is 10.2. The molecule has 6 nitrogen and oxygen atoms in total. The number of hydrogen-bond acceptors (Lipinski definition) is 5. The molecule has 0 bridgehead atoms. The number of carbonyl (C=O) groups is 2. The second-order valence-electron chi connectivity index (χ2n) is 5.02.